The first-order chi connectivity index (χ1) is 9.54. The standard InChI is InChI=1S/C14H18N2O4/c1-9-3-2-4-11(13(18)19)12(9)15-14(20)16(7-8-17)10-5-6-10/h2-4,10,17H,5-8H2,1H3,(H,15,20)(H,18,19). The predicted octanol–water partition coefficient (Wildman–Crippen LogP) is 1.68. The Morgan fingerprint density at radius 1 is 1.40 bits per heavy atom. The number of carboxylic acid groups (broad SMARTS) is 1. The number of nitrogens with one attached hydrogen (secondary N) is 1. The van der Waals surface area contributed by atoms with Crippen molar-refractivity contribution in [2.75, 3.05) is 18.5 Å². The van der Waals surface area contributed by atoms with Gasteiger partial charge >= 0.3 is 12.0 Å². The third-order valence-corrected chi connectivity index (χ3v) is 3.32. The second-order valence-electron chi connectivity index (χ2n) is 4.88. The molecule has 1 aliphatic rings. The Kier molecular flexibility index (Phi) is 4.24. The van der Waals surface area contributed by atoms with Crippen LogP contribution in [-0.2, 0) is 0 Å². The normalized spacial score (nSPS) is 13.9. The van der Waals surface area contributed by atoms with Gasteiger partial charge in [-0.3, -0.25) is 0 Å². The highest BCUT2D eigenvalue weighted by Gasteiger charge is 2.32. The number of aliphatic hydroxyl groups is 1. The fraction of sp³-hybridized carbons (Fsp3) is 0.429. The summed E-state index contributed by atoms with van der Waals surface area (Å²) in [6.07, 6.45) is 1.85. The number of amides is 2. The van der Waals surface area contributed by atoms with Crippen molar-refractivity contribution in [2.24, 2.45) is 0 Å². The van der Waals surface area contributed by atoms with Crippen molar-refractivity contribution < 1.29 is 19.8 Å². The molecule has 6 nitrogen and oxygen atoms in total. The van der Waals surface area contributed by atoms with Crippen molar-refractivity contribution in [2.45, 2.75) is 25.8 Å². The number of carbonyl (C=O) groups excluding carboxylic acids is 1. The zero-order valence-electron chi connectivity index (χ0n) is 11.3. The largest absolute Gasteiger partial charge is 0.478 e. The highest BCUT2D eigenvalue weighted by atomic mass is 16.4. The molecule has 0 saturated heterocycles. The lowest BCUT2D eigenvalue weighted by atomic mass is 10.1. The number of nitrogens with zero attached hydrogens (tertiary/aromatic N) is 1. The fourth-order valence-electron chi connectivity index (χ4n) is 2.13. The van der Waals surface area contributed by atoms with E-state index in [9.17, 15) is 9.59 Å². The number of hydrogen-bond acceptors (Lipinski definition) is 3. The van der Waals surface area contributed by atoms with E-state index < -0.39 is 5.97 Å². The first-order valence-corrected chi connectivity index (χ1v) is 6.56. The molecule has 0 aromatic heterocycles. The first-order valence-electron chi connectivity index (χ1n) is 6.56. The molecule has 0 unspecified atom stereocenters. The maximum Gasteiger partial charge on any atom is 0.337 e. The van der Waals surface area contributed by atoms with Gasteiger partial charge in [-0.2, -0.15) is 0 Å². The lowest BCUT2D eigenvalue weighted by Gasteiger charge is -2.23. The molecule has 3 N–H and O–H groups in total. The van der Waals surface area contributed by atoms with E-state index in [0.717, 1.165) is 12.8 Å². The summed E-state index contributed by atoms with van der Waals surface area (Å²) in [7, 11) is 0. The Bertz CT molecular complexity index is 526. The van der Waals surface area contributed by atoms with Gasteiger partial charge in [0.1, 0.15) is 0 Å². The number of urea groups is 1. The summed E-state index contributed by atoms with van der Waals surface area (Å²) in [5.74, 6) is -1.08. The minimum atomic E-state index is -1.08. The topological polar surface area (TPSA) is 89.9 Å². The van der Waals surface area contributed by atoms with Crippen LogP contribution in [0.1, 0.15) is 28.8 Å². The number of hydrogen-bond donors (Lipinski definition) is 3. The minimum absolute atomic E-state index is 0.0677. The molecule has 0 spiro atoms. The van der Waals surface area contributed by atoms with Gasteiger partial charge in [0.25, 0.3) is 0 Å². The zero-order chi connectivity index (χ0) is 14.7. The van der Waals surface area contributed by atoms with E-state index in [4.69, 9.17) is 10.2 Å². The molecule has 20 heavy (non-hydrogen) atoms. The van der Waals surface area contributed by atoms with Gasteiger partial charge in [-0.15, -0.1) is 0 Å². The van der Waals surface area contributed by atoms with Crippen molar-refractivity contribution in [3.05, 3.63) is 29.3 Å². The van der Waals surface area contributed by atoms with Crippen LogP contribution >= 0.6 is 0 Å². The van der Waals surface area contributed by atoms with Crippen LogP contribution in [0.5, 0.6) is 0 Å². The van der Waals surface area contributed by atoms with Gasteiger partial charge in [0.2, 0.25) is 0 Å². The average molecular weight is 278 g/mol. The average Bonchev–Trinajstić information content (AvgIpc) is 3.22. The van der Waals surface area contributed by atoms with E-state index in [1.165, 1.54) is 6.07 Å². The van der Waals surface area contributed by atoms with Crippen LogP contribution in [0.25, 0.3) is 0 Å². The summed E-state index contributed by atoms with van der Waals surface area (Å²) in [6, 6.07) is 4.63. The van der Waals surface area contributed by atoms with Crippen LogP contribution in [0.3, 0.4) is 0 Å². The molecule has 1 aromatic carbocycles. The summed E-state index contributed by atoms with van der Waals surface area (Å²) in [6.45, 7) is 1.89. The SMILES string of the molecule is Cc1cccc(C(=O)O)c1NC(=O)N(CCO)C1CC1. The van der Waals surface area contributed by atoms with Crippen molar-refractivity contribution in [1.82, 2.24) is 4.90 Å². The molecule has 6 heteroatoms. The molecule has 0 heterocycles. The number of aliphatic hydroxyl groups excluding tert-OH is 1. The molecule has 1 saturated carbocycles. The minimum Gasteiger partial charge on any atom is -0.478 e. The predicted molar refractivity (Wildman–Crippen MR) is 74.0 cm³/mol. The van der Waals surface area contributed by atoms with E-state index >= 15 is 0 Å². The summed E-state index contributed by atoms with van der Waals surface area (Å²) in [5, 5.41) is 20.8. The molecular weight excluding hydrogens is 260 g/mol. The first kappa shape index (κ1) is 14.3. The van der Waals surface area contributed by atoms with E-state index in [-0.39, 0.29) is 30.8 Å². The Hall–Kier alpha value is -2.08. The maximum absolute atomic E-state index is 12.2. The van der Waals surface area contributed by atoms with Crippen LogP contribution < -0.4 is 5.32 Å². The van der Waals surface area contributed by atoms with Crippen LogP contribution in [0.4, 0.5) is 10.5 Å². The van der Waals surface area contributed by atoms with Crippen LogP contribution in [-0.4, -0.2) is 46.3 Å². The Morgan fingerprint density at radius 2 is 2.10 bits per heavy atom. The Balaban J connectivity index is 2.20. The molecule has 2 amide bonds. The Labute approximate surface area is 117 Å². The smallest absolute Gasteiger partial charge is 0.337 e. The molecule has 1 aromatic rings. The monoisotopic (exact) mass is 278 g/mol. The van der Waals surface area contributed by atoms with E-state index in [2.05, 4.69) is 5.32 Å². The number of rotatable bonds is 5. The summed E-state index contributed by atoms with van der Waals surface area (Å²) >= 11 is 0. The molecule has 0 atom stereocenters. The Morgan fingerprint density at radius 3 is 2.65 bits per heavy atom. The zero-order valence-corrected chi connectivity index (χ0v) is 11.3. The van der Waals surface area contributed by atoms with E-state index in [0.29, 0.717) is 11.3 Å². The van der Waals surface area contributed by atoms with Crippen LogP contribution in [0.2, 0.25) is 0 Å². The molecule has 1 aliphatic carbocycles. The molecule has 2 rings (SSSR count). The van der Waals surface area contributed by atoms with Gasteiger partial charge in [-0.05, 0) is 31.4 Å². The number of carboxylic acids is 1. The molecule has 0 aliphatic heterocycles. The number of anilines is 1. The van der Waals surface area contributed by atoms with Gasteiger partial charge in [0.05, 0.1) is 17.9 Å². The third-order valence-electron chi connectivity index (χ3n) is 3.32. The van der Waals surface area contributed by atoms with Gasteiger partial charge in [0, 0.05) is 12.6 Å². The lowest BCUT2D eigenvalue weighted by Crippen LogP contribution is -2.39. The van der Waals surface area contributed by atoms with Crippen molar-refractivity contribution >= 4 is 17.7 Å². The third kappa shape index (κ3) is 3.08. The van der Waals surface area contributed by atoms with E-state index in [1.54, 1.807) is 24.0 Å². The number of benzene rings is 1. The number of aryl methyl sites for hydroxylation is 1. The van der Waals surface area contributed by atoms with Crippen molar-refractivity contribution in [3.63, 3.8) is 0 Å². The second-order valence-corrected chi connectivity index (χ2v) is 4.88. The van der Waals surface area contributed by atoms with Crippen LogP contribution in [0.15, 0.2) is 18.2 Å². The quantitative estimate of drug-likeness (QED) is 0.764. The summed E-state index contributed by atoms with van der Waals surface area (Å²) < 4.78 is 0. The van der Waals surface area contributed by atoms with Gasteiger partial charge in [0.15, 0.2) is 0 Å². The molecule has 0 radical (unpaired) electrons. The van der Waals surface area contributed by atoms with Gasteiger partial charge < -0.3 is 20.4 Å². The van der Waals surface area contributed by atoms with Gasteiger partial charge in [-0.25, -0.2) is 9.59 Å². The summed E-state index contributed by atoms with van der Waals surface area (Å²) in [4.78, 5) is 25.0. The molecule has 108 valence electrons. The highest BCUT2D eigenvalue weighted by Crippen LogP contribution is 2.28. The number of aromatic carboxylic acids is 1. The summed E-state index contributed by atoms with van der Waals surface area (Å²) in [5.41, 5.74) is 1.07. The maximum atomic E-state index is 12.2. The molecule has 1 fully saturated rings. The molecular formula is C14H18N2O4. The second kappa shape index (κ2) is 5.92. The highest BCUT2D eigenvalue weighted by molar-refractivity contribution is 6.01. The fourth-order valence-corrected chi connectivity index (χ4v) is 2.13. The van der Waals surface area contributed by atoms with E-state index in [1.807, 2.05) is 0 Å². The number of carbonyl (C=O) groups is 2. The van der Waals surface area contributed by atoms with Gasteiger partial charge in [-0.1, -0.05) is 12.1 Å². The lowest BCUT2D eigenvalue weighted by molar-refractivity contribution is 0.0698. The van der Waals surface area contributed by atoms with Crippen molar-refractivity contribution in [1.29, 1.82) is 0 Å². The molecule has 0 bridgehead atoms. The number of para-hydroxylation sites is 1. The van der Waals surface area contributed by atoms with Crippen LogP contribution in [0, 0.1) is 6.92 Å². The van der Waals surface area contributed by atoms with Crippen molar-refractivity contribution in [3.8, 4) is 0 Å².